The van der Waals surface area contributed by atoms with Crippen LogP contribution in [-0.2, 0) is 14.2 Å². The number of hydrogen-bond donors (Lipinski definition) is 3. The molecule has 15 heavy (non-hydrogen) atoms. The van der Waals surface area contributed by atoms with Gasteiger partial charge in [-0.05, 0) is 0 Å². The van der Waals surface area contributed by atoms with E-state index in [4.69, 9.17) is 24.4 Å². The van der Waals surface area contributed by atoms with E-state index in [0.717, 1.165) is 0 Å². The number of aliphatic hydroxyl groups excluding tert-OH is 3. The molecule has 0 saturated carbocycles. The number of methoxy groups -OCH3 is 3. The number of hydrogen-bond acceptors (Lipinski definition) is 6. The predicted octanol–water partition coefficient (Wildman–Crippen LogP) is -1.62. The summed E-state index contributed by atoms with van der Waals surface area (Å²) in [6.45, 7) is -0.701. The molecule has 4 atom stereocenters. The molecule has 6 heteroatoms. The van der Waals surface area contributed by atoms with Gasteiger partial charge in [0.05, 0.1) is 13.2 Å². The molecule has 0 radical (unpaired) electrons. The fourth-order valence-corrected chi connectivity index (χ4v) is 1.42. The van der Waals surface area contributed by atoms with Crippen molar-refractivity contribution < 1.29 is 29.5 Å². The minimum absolute atomic E-state index is 0.257. The van der Waals surface area contributed by atoms with Crippen molar-refractivity contribution in [3.63, 3.8) is 0 Å². The second-order valence-electron chi connectivity index (χ2n) is 3.11. The van der Waals surface area contributed by atoms with Gasteiger partial charge in [-0.1, -0.05) is 0 Å². The van der Waals surface area contributed by atoms with Crippen LogP contribution in [0.5, 0.6) is 0 Å². The highest BCUT2D eigenvalue weighted by Crippen LogP contribution is 2.13. The average molecular weight is 224 g/mol. The molecule has 0 rings (SSSR count). The Hall–Kier alpha value is -0.240. The molecule has 0 aromatic heterocycles. The topological polar surface area (TPSA) is 88.4 Å². The fourth-order valence-electron chi connectivity index (χ4n) is 1.42. The zero-order valence-corrected chi connectivity index (χ0v) is 9.29. The Labute approximate surface area is 89.4 Å². The first-order valence-corrected chi connectivity index (χ1v) is 4.64. The predicted molar refractivity (Wildman–Crippen MR) is 52.6 cm³/mol. The molecule has 3 N–H and O–H groups in total. The molecule has 0 aliphatic heterocycles. The van der Waals surface area contributed by atoms with Gasteiger partial charge in [0.1, 0.15) is 24.4 Å². The highest BCUT2D eigenvalue weighted by molar-refractivity contribution is 4.83. The summed E-state index contributed by atoms with van der Waals surface area (Å²) in [5.74, 6) is 0. The molecule has 0 aliphatic rings. The lowest BCUT2D eigenvalue weighted by atomic mass is 10.0. The van der Waals surface area contributed by atoms with E-state index in [0.29, 0.717) is 0 Å². The van der Waals surface area contributed by atoms with Crippen molar-refractivity contribution in [1.29, 1.82) is 0 Å². The first-order valence-electron chi connectivity index (χ1n) is 4.64. The molecule has 6 nitrogen and oxygen atoms in total. The normalized spacial score (nSPS) is 19.6. The van der Waals surface area contributed by atoms with Gasteiger partial charge >= 0.3 is 0 Å². The molecule has 92 valence electrons. The van der Waals surface area contributed by atoms with Crippen molar-refractivity contribution in [3.8, 4) is 0 Å². The maximum absolute atomic E-state index is 9.47. The molecule has 0 fully saturated rings. The van der Waals surface area contributed by atoms with Crippen molar-refractivity contribution in [3.05, 3.63) is 0 Å². The molecular weight excluding hydrogens is 204 g/mol. The Bertz CT molecular complexity index is 150. The summed E-state index contributed by atoms with van der Waals surface area (Å²) in [5, 5.41) is 27.3. The van der Waals surface area contributed by atoms with E-state index >= 15 is 0 Å². The van der Waals surface area contributed by atoms with E-state index in [9.17, 15) is 5.11 Å². The molecule has 0 aliphatic carbocycles. The second-order valence-corrected chi connectivity index (χ2v) is 3.11. The summed E-state index contributed by atoms with van der Waals surface area (Å²) >= 11 is 0. The standard InChI is InChI=1S/C9H20O6/c1-13-7(5-11)9(15-3)8(14-2)6(12)4-10/h6-12H,4-5H2,1-3H3/t6-,7-,8-,9-/m1/s1. The molecule has 0 heterocycles. The molecule has 0 saturated heterocycles. The first kappa shape index (κ1) is 14.8. The van der Waals surface area contributed by atoms with Crippen LogP contribution in [0.25, 0.3) is 0 Å². The lowest BCUT2D eigenvalue weighted by Crippen LogP contribution is -2.49. The Morgan fingerprint density at radius 3 is 1.67 bits per heavy atom. The average Bonchev–Trinajstić information content (AvgIpc) is 2.28. The molecule has 0 amide bonds. The van der Waals surface area contributed by atoms with Crippen molar-refractivity contribution >= 4 is 0 Å². The summed E-state index contributed by atoms with van der Waals surface area (Å²) in [7, 11) is 4.23. The minimum atomic E-state index is -1.08. The lowest BCUT2D eigenvalue weighted by Gasteiger charge is -2.32. The highest BCUT2D eigenvalue weighted by Gasteiger charge is 2.34. The quantitative estimate of drug-likeness (QED) is 0.459. The second kappa shape index (κ2) is 7.98. The van der Waals surface area contributed by atoms with Gasteiger partial charge < -0.3 is 29.5 Å². The molecule has 0 spiro atoms. The van der Waals surface area contributed by atoms with Gasteiger partial charge in [-0.15, -0.1) is 0 Å². The summed E-state index contributed by atoms with van der Waals surface area (Å²) < 4.78 is 15.1. The number of aliphatic hydroxyl groups is 3. The van der Waals surface area contributed by atoms with Gasteiger partial charge in [0, 0.05) is 21.3 Å². The van der Waals surface area contributed by atoms with Gasteiger partial charge in [0.15, 0.2) is 0 Å². The van der Waals surface area contributed by atoms with Crippen LogP contribution in [0, 0.1) is 0 Å². The van der Waals surface area contributed by atoms with Crippen molar-refractivity contribution in [2.45, 2.75) is 24.4 Å². The minimum Gasteiger partial charge on any atom is -0.394 e. The summed E-state index contributed by atoms with van der Waals surface area (Å²) in [6, 6.07) is 0. The third-order valence-corrected chi connectivity index (χ3v) is 2.28. The van der Waals surface area contributed by atoms with E-state index < -0.39 is 31.0 Å². The summed E-state index contributed by atoms with van der Waals surface area (Å²) in [6.07, 6.45) is -3.09. The zero-order valence-electron chi connectivity index (χ0n) is 9.29. The van der Waals surface area contributed by atoms with E-state index in [1.54, 1.807) is 0 Å². The van der Waals surface area contributed by atoms with E-state index in [2.05, 4.69) is 0 Å². The number of rotatable bonds is 8. The molecule has 0 aromatic rings. The Morgan fingerprint density at radius 2 is 1.40 bits per heavy atom. The third-order valence-electron chi connectivity index (χ3n) is 2.28. The van der Waals surface area contributed by atoms with Crippen molar-refractivity contribution in [2.75, 3.05) is 34.5 Å². The van der Waals surface area contributed by atoms with Gasteiger partial charge in [0.25, 0.3) is 0 Å². The maximum atomic E-state index is 9.47. The van der Waals surface area contributed by atoms with Crippen LogP contribution >= 0.6 is 0 Å². The molecule has 0 aromatic carbocycles. The molecule has 0 unspecified atom stereocenters. The van der Waals surface area contributed by atoms with Crippen molar-refractivity contribution in [2.24, 2.45) is 0 Å². The Morgan fingerprint density at radius 1 is 0.867 bits per heavy atom. The van der Waals surface area contributed by atoms with Crippen LogP contribution in [-0.4, -0.2) is 74.3 Å². The SMILES string of the molecule is CO[C@@H]([C@H](OC)[C@@H](CO)OC)[C@H](O)CO. The lowest BCUT2D eigenvalue weighted by molar-refractivity contribution is -0.156. The molecular formula is C9H20O6. The van der Waals surface area contributed by atoms with Gasteiger partial charge in [-0.2, -0.15) is 0 Å². The van der Waals surface area contributed by atoms with Gasteiger partial charge in [-0.3, -0.25) is 0 Å². The monoisotopic (exact) mass is 224 g/mol. The summed E-state index contributed by atoms with van der Waals surface area (Å²) in [5.41, 5.74) is 0. The van der Waals surface area contributed by atoms with Crippen LogP contribution in [0.15, 0.2) is 0 Å². The van der Waals surface area contributed by atoms with Crippen molar-refractivity contribution in [1.82, 2.24) is 0 Å². The van der Waals surface area contributed by atoms with Gasteiger partial charge in [0.2, 0.25) is 0 Å². The van der Waals surface area contributed by atoms with Crippen LogP contribution in [0.3, 0.4) is 0 Å². The van der Waals surface area contributed by atoms with Crippen LogP contribution in [0.1, 0.15) is 0 Å². The van der Waals surface area contributed by atoms with E-state index in [1.807, 2.05) is 0 Å². The smallest absolute Gasteiger partial charge is 0.114 e. The first-order chi connectivity index (χ1) is 7.15. The number of ether oxygens (including phenoxy) is 3. The Kier molecular flexibility index (Phi) is 7.85. The van der Waals surface area contributed by atoms with E-state index in [1.165, 1.54) is 21.3 Å². The maximum Gasteiger partial charge on any atom is 0.114 e. The van der Waals surface area contributed by atoms with Crippen LogP contribution in [0.2, 0.25) is 0 Å². The highest BCUT2D eigenvalue weighted by atomic mass is 16.6. The Balaban J connectivity index is 4.57. The summed E-state index contributed by atoms with van der Waals surface area (Å²) in [4.78, 5) is 0. The molecule has 0 bridgehead atoms. The van der Waals surface area contributed by atoms with Crippen LogP contribution < -0.4 is 0 Å². The zero-order chi connectivity index (χ0) is 11.8. The third kappa shape index (κ3) is 4.02. The van der Waals surface area contributed by atoms with Crippen LogP contribution in [0.4, 0.5) is 0 Å². The van der Waals surface area contributed by atoms with E-state index in [-0.39, 0.29) is 6.61 Å². The van der Waals surface area contributed by atoms with Gasteiger partial charge in [-0.25, -0.2) is 0 Å². The largest absolute Gasteiger partial charge is 0.394 e. The fraction of sp³-hybridized carbons (Fsp3) is 1.00.